The molecule has 6 rings (SSSR count). The predicted octanol–water partition coefficient (Wildman–Crippen LogP) is 4.79. The first-order valence-corrected chi connectivity index (χ1v) is 10.7. The van der Waals surface area contributed by atoms with E-state index in [0.717, 1.165) is 15.6 Å². The van der Waals surface area contributed by atoms with Crippen molar-refractivity contribution in [3.8, 4) is 5.69 Å². The molecule has 1 fully saturated rings. The van der Waals surface area contributed by atoms with Gasteiger partial charge in [0.2, 0.25) is 0 Å². The standard InChI is InChI=1S/C25H17BrN2O3/c1-2-24(16-8-4-3-5-9-16)15-30-25(31-24)19-10-6-7-11-21(19)28-22(29)18-14-17(26)12-13-20(18)27-23(25)28/h2-14H,1,15H2. The fourth-order valence-corrected chi connectivity index (χ4v) is 4.88. The quantitative estimate of drug-likeness (QED) is 0.393. The van der Waals surface area contributed by atoms with E-state index < -0.39 is 11.4 Å². The summed E-state index contributed by atoms with van der Waals surface area (Å²) in [7, 11) is 0. The van der Waals surface area contributed by atoms with Gasteiger partial charge in [-0.05, 0) is 29.8 Å². The average Bonchev–Trinajstić information content (AvgIpc) is 3.34. The molecule has 4 aromatic rings. The van der Waals surface area contributed by atoms with Gasteiger partial charge >= 0.3 is 0 Å². The Hall–Kier alpha value is -3.06. The van der Waals surface area contributed by atoms with Crippen LogP contribution >= 0.6 is 15.9 Å². The van der Waals surface area contributed by atoms with Crippen LogP contribution < -0.4 is 5.56 Å². The van der Waals surface area contributed by atoms with E-state index >= 15 is 0 Å². The number of ether oxygens (including phenoxy) is 2. The van der Waals surface area contributed by atoms with Crippen molar-refractivity contribution in [1.82, 2.24) is 9.55 Å². The zero-order valence-corrected chi connectivity index (χ0v) is 18.0. The second-order valence-electron chi connectivity index (χ2n) is 7.72. The van der Waals surface area contributed by atoms with Crippen molar-refractivity contribution in [2.75, 3.05) is 6.61 Å². The molecule has 0 radical (unpaired) electrons. The highest BCUT2D eigenvalue weighted by Crippen LogP contribution is 2.52. The molecule has 3 heterocycles. The van der Waals surface area contributed by atoms with Crippen LogP contribution in [0.15, 0.2) is 94.7 Å². The summed E-state index contributed by atoms with van der Waals surface area (Å²) in [6.45, 7) is 4.29. The minimum absolute atomic E-state index is 0.159. The second-order valence-corrected chi connectivity index (χ2v) is 8.64. The molecular formula is C25H17BrN2O3. The van der Waals surface area contributed by atoms with Crippen molar-refractivity contribution in [3.05, 3.63) is 117 Å². The van der Waals surface area contributed by atoms with Crippen LogP contribution in [-0.2, 0) is 20.9 Å². The predicted molar refractivity (Wildman–Crippen MR) is 121 cm³/mol. The number of aromatic nitrogens is 2. The molecule has 1 spiro atoms. The number of nitrogens with zero attached hydrogens (tertiary/aromatic N) is 2. The fourth-order valence-electron chi connectivity index (χ4n) is 4.52. The molecule has 0 bridgehead atoms. The van der Waals surface area contributed by atoms with Crippen LogP contribution in [0.5, 0.6) is 0 Å². The molecule has 152 valence electrons. The molecule has 6 heteroatoms. The maximum absolute atomic E-state index is 13.5. The lowest BCUT2D eigenvalue weighted by Crippen LogP contribution is -2.34. The van der Waals surface area contributed by atoms with Crippen molar-refractivity contribution in [2.45, 2.75) is 11.4 Å². The number of hydrogen-bond donors (Lipinski definition) is 0. The van der Waals surface area contributed by atoms with E-state index in [1.807, 2.05) is 66.7 Å². The summed E-state index contributed by atoms with van der Waals surface area (Å²) >= 11 is 3.45. The Kier molecular flexibility index (Phi) is 3.90. The molecule has 1 aromatic heterocycles. The molecular weight excluding hydrogens is 456 g/mol. The normalized spacial score (nSPS) is 23.8. The number of halogens is 1. The number of rotatable bonds is 2. The SMILES string of the molecule is C=CC1(c2ccccc2)COC2(O1)c1ccccc1-n1c2nc2ccc(Br)cc2c1=O. The number of benzene rings is 3. The van der Waals surface area contributed by atoms with Crippen LogP contribution in [0.1, 0.15) is 17.0 Å². The van der Waals surface area contributed by atoms with Gasteiger partial charge in [0.15, 0.2) is 5.82 Å². The summed E-state index contributed by atoms with van der Waals surface area (Å²) in [5.74, 6) is -0.880. The molecule has 2 aliphatic heterocycles. The Morgan fingerprint density at radius 3 is 2.65 bits per heavy atom. The van der Waals surface area contributed by atoms with E-state index in [1.165, 1.54) is 0 Å². The molecule has 3 aromatic carbocycles. The van der Waals surface area contributed by atoms with Gasteiger partial charge in [0.1, 0.15) is 5.60 Å². The summed E-state index contributed by atoms with van der Waals surface area (Å²) in [5.41, 5.74) is 1.97. The van der Waals surface area contributed by atoms with E-state index in [0.29, 0.717) is 22.4 Å². The third-order valence-corrected chi connectivity index (χ3v) is 6.53. The lowest BCUT2D eigenvalue weighted by molar-refractivity contribution is -0.159. The van der Waals surface area contributed by atoms with E-state index in [-0.39, 0.29) is 12.2 Å². The van der Waals surface area contributed by atoms with E-state index in [2.05, 4.69) is 22.5 Å². The molecule has 0 amide bonds. The number of hydrogen-bond acceptors (Lipinski definition) is 4. The summed E-state index contributed by atoms with van der Waals surface area (Å²) in [6.07, 6.45) is 1.76. The molecule has 2 atom stereocenters. The molecule has 5 nitrogen and oxygen atoms in total. The van der Waals surface area contributed by atoms with Gasteiger partial charge in [-0.3, -0.25) is 9.36 Å². The van der Waals surface area contributed by atoms with Gasteiger partial charge in [0, 0.05) is 10.0 Å². The van der Waals surface area contributed by atoms with Crippen molar-refractivity contribution >= 4 is 26.8 Å². The van der Waals surface area contributed by atoms with Gasteiger partial charge in [-0.25, -0.2) is 4.98 Å². The van der Waals surface area contributed by atoms with Crippen LogP contribution in [0.4, 0.5) is 0 Å². The molecule has 0 saturated carbocycles. The molecule has 2 aliphatic rings. The third kappa shape index (κ3) is 2.44. The summed E-state index contributed by atoms with van der Waals surface area (Å²) in [6, 6.07) is 23.0. The van der Waals surface area contributed by atoms with Crippen molar-refractivity contribution in [1.29, 1.82) is 0 Å². The third-order valence-electron chi connectivity index (χ3n) is 6.03. The summed E-state index contributed by atoms with van der Waals surface area (Å²) in [4.78, 5) is 18.4. The maximum atomic E-state index is 13.5. The largest absolute Gasteiger partial charge is 0.336 e. The Labute approximate surface area is 186 Å². The molecule has 1 saturated heterocycles. The first-order chi connectivity index (χ1) is 15.1. The zero-order chi connectivity index (χ0) is 21.2. The molecule has 31 heavy (non-hydrogen) atoms. The first kappa shape index (κ1) is 18.7. The second kappa shape index (κ2) is 6.47. The smallest absolute Gasteiger partial charge is 0.266 e. The summed E-state index contributed by atoms with van der Waals surface area (Å²) < 4.78 is 15.6. The van der Waals surface area contributed by atoms with Gasteiger partial charge in [0.05, 0.1) is 23.2 Å². The van der Waals surface area contributed by atoms with E-state index in [4.69, 9.17) is 14.5 Å². The number of para-hydroxylation sites is 1. The molecule has 2 unspecified atom stereocenters. The highest BCUT2D eigenvalue weighted by Gasteiger charge is 2.58. The Bertz CT molecular complexity index is 1430. The Morgan fingerprint density at radius 2 is 1.84 bits per heavy atom. The van der Waals surface area contributed by atoms with Crippen molar-refractivity contribution in [3.63, 3.8) is 0 Å². The van der Waals surface area contributed by atoms with Crippen LogP contribution in [0.2, 0.25) is 0 Å². The molecule has 0 N–H and O–H groups in total. The van der Waals surface area contributed by atoms with E-state index in [9.17, 15) is 4.79 Å². The highest BCUT2D eigenvalue weighted by atomic mass is 79.9. The number of fused-ring (bicyclic) bond motifs is 6. The van der Waals surface area contributed by atoms with Gasteiger partial charge in [-0.1, -0.05) is 77.1 Å². The van der Waals surface area contributed by atoms with Crippen LogP contribution in [0.25, 0.3) is 16.6 Å². The van der Waals surface area contributed by atoms with Crippen LogP contribution in [-0.4, -0.2) is 16.2 Å². The lowest BCUT2D eigenvalue weighted by atomic mass is 9.95. The van der Waals surface area contributed by atoms with E-state index in [1.54, 1.807) is 16.7 Å². The summed E-state index contributed by atoms with van der Waals surface area (Å²) in [5, 5.41) is 0.529. The Balaban J connectivity index is 1.65. The minimum Gasteiger partial charge on any atom is -0.336 e. The van der Waals surface area contributed by atoms with Crippen LogP contribution in [0, 0.1) is 0 Å². The topological polar surface area (TPSA) is 53.4 Å². The minimum atomic E-state index is -1.30. The maximum Gasteiger partial charge on any atom is 0.266 e. The first-order valence-electron chi connectivity index (χ1n) is 9.94. The van der Waals surface area contributed by atoms with Gasteiger partial charge in [0.25, 0.3) is 11.3 Å². The molecule has 0 aliphatic carbocycles. The van der Waals surface area contributed by atoms with Gasteiger partial charge < -0.3 is 9.47 Å². The zero-order valence-electron chi connectivity index (χ0n) is 16.4. The van der Waals surface area contributed by atoms with Crippen molar-refractivity contribution in [2.24, 2.45) is 0 Å². The highest BCUT2D eigenvalue weighted by molar-refractivity contribution is 9.10. The lowest BCUT2D eigenvalue weighted by Gasteiger charge is -2.28. The van der Waals surface area contributed by atoms with Crippen LogP contribution in [0.3, 0.4) is 0 Å². The fraction of sp³-hybridized carbons (Fsp3) is 0.120. The monoisotopic (exact) mass is 472 g/mol. The Morgan fingerprint density at radius 1 is 1.06 bits per heavy atom. The van der Waals surface area contributed by atoms with Gasteiger partial charge in [-0.15, -0.1) is 0 Å². The average molecular weight is 473 g/mol. The van der Waals surface area contributed by atoms with Crippen molar-refractivity contribution < 1.29 is 9.47 Å². The van der Waals surface area contributed by atoms with Gasteiger partial charge in [-0.2, -0.15) is 0 Å².